The Morgan fingerprint density at radius 3 is 3.04 bits per heavy atom. The van der Waals surface area contributed by atoms with E-state index in [0.29, 0.717) is 24.6 Å². The van der Waals surface area contributed by atoms with Gasteiger partial charge in [-0.05, 0) is 43.0 Å². The third kappa shape index (κ3) is 2.32. The maximum Gasteiger partial charge on any atom is 0.264 e. The van der Waals surface area contributed by atoms with E-state index in [1.165, 1.54) is 0 Å². The molecule has 0 saturated heterocycles. The molecule has 0 unspecified atom stereocenters. The van der Waals surface area contributed by atoms with Gasteiger partial charge >= 0.3 is 0 Å². The van der Waals surface area contributed by atoms with E-state index in [4.69, 9.17) is 9.47 Å². The van der Waals surface area contributed by atoms with Crippen molar-refractivity contribution in [2.75, 3.05) is 25.2 Å². The molecule has 0 radical (unpaired) electrons. The molecule has 1 aliphatic carbocycles. The number of pyridine rings is 1. The molecule has 4 rings (SSSR count). The fraction of sp³-hybridized carbons (Fsp3) is 0.333. The van der Waals surface area contributed by atoms with Crippen molar-refractivity contribution < 1.29 is 14.3 Å². The number of hydrogen-bond donors (Lipinski definition) is 0. The Labute approximate surface area is 134 Å². The molecule has 0 atom stereocenters. The standard InChI is InChI=1S/C18H18N2O3/c1-22-17-13(11-12-5-4-6-14(12)19-17)18(21)20-9-10-23-16-8-3-2-7-15(16)20/h2-3,7-8,11H,4-6,9-10H2,1H3. The first kappa shape index (κ1) is 14.1. The summed E-state index contributed by atoms with van der Waals surface area (Å²) in [7, 11) is 1.56. The van der Waals surface area contributed by atoms with Gasteiger partial charge in [0.25, 0.3) is 5.91 Å². The van der Waals surface area contributed by atoms with Crippen LogP contribution < -0.4 is 14.4 Å². The Morgan fingerprint density at radius 2 is 2.17 bits per heavy atom. The third-order valence-electron chi connectivity index (χ3n) is 4.41. The molecule has 2 aromatic rings. The second-order valence-electron chi connectivity index (χ2n) is 5.78. The zero-order valence-corrected chi connectivity index (χ0v) is 13.0. The van der Waals surface area contributed by atoms with Gasteiger partial charge < -0.3 is 14.4 Å². The molecule has 5 nitrogen and oxygen atoms in total. The number of carbonyl (C=O) groups excluding carboxylic acids is 1. The van der Waals surface area contributed by atoms with Crippen LogP contribution in [0.4, 0.5) is 5.69 Å². The van der Waals surface area contributed by atoms with Gasteiger partial charge in [-0.2, -0.15) is 0 Å². The largest absolute Gasteiger partial charge is 0.490 e. The highest BCUT2D eigenvalue weighted by Crippen LogP contribution is 2.34. The second kappa shape index (κ2) is 5.57. The Kier molecular flexibility index (Phi) is 3.41. The van der Waals surface area contributed by atoms with Crippen molar-refractivity contribution in [3.63, 3.8) is 0 Å². The van der Waals surface area contributed by atoms with E-state index in [9.17, 15) is 4.79 Å². The Balaban J connectivity index is 1.76. The van der Waals surface area contributed by atoms with Crippen LogP contribution in [-0.4, -0.2) is 31.2 Å². The molecular weight excluding hydrogens is 292 g/mol. The van der Waals surface area contributed by atoms with Gasteiger partial charge in [0.1, 0.15) is 17.9 Å². The lowest BCUT2D eigenvalue weighted by Gasteiger charge is -2.29. The summed E-state index contributed by atoms with van der Waals surface area (Å²) in [5.41, 5.74) is 3.55. The van der Waals surface area contributed by atoms with Gasteiger partial charge in [0.15, 0.2) is 0 Å². The molecular formula is C18H18N2O3. The minimum Gasteiger partial charge on any atom is -0.490 e. The van der Waals surface area contributed by atoms with E-state index in [-0.39, 0.29) is 5.91 Å². The van der Waals surface area contributed by atoms with E-state index in [1.54, 1.807) is 12.0 Å². The minimum absolute atomic E-state index is 0.0835. The summed E-state index contributed by atoms with van der Waals surface area (Å²) >= 11 is 0. The van der Waals surface area contributed by atoms with Crippen LogP contribution in [0.3, 0.4) is 0 Å². The molecule has 5 heteroatoms. The highest BCUT2D eigenvalue weighted by molar-refractivity contribution is 6.08. The first-order valence-corrected chi connectivity index (χ1v) is 7.88. The van der Waals surface area contributed by atoms with Gasteiger partial charge in [-0.25, -0.2) is 4.98 Å². The fourth-order valence-corrected chi connectivity index (χ4v) is 3.29. The maximum absolute atomic E-state index is 13.1. The summed E-state index contributed by atoms with van der Waals surface area (Å²) in [6.07, 6.45) is 3.02. The molecule has 0 spiro atoms. The van der Waals surface area contributed by atoms with Crippen LogP contribution in [0.5, 0.6) is 11.6 Å². The number of nitrogens with zero attached hydrogens (tertiary/aromatic N) is 2. The number of anilines is 1. The lowest BCUT2D eigenvalue weighted by Crippen LogP contribution is -2.38. The monoisotopic (exact) mass is 310 g/mol. The highest BCUT2D eigenvalue weighted by Gasteiger charge is 2.28. The quantitative estimate of drug-likeness (QED) is 0.855. The average Bonchev–Trinajstić information content (AvgIpc) is 3.06. The van der Waals surface area contributed by atoms with E-state index in [1.807, 2.05) is 30.3 Å². The van der Waals surface area contributed by atoms with Gasteiger partial charge in [0.2, 0.25) is 5.88 Å². The Morgan fingerprint density at radius 1 is 1.30 bits per heavy atom. The van der Waals surface area contributed by atoms with E-state index in [0.717, 1.165) is 42.0 Å². The first-order chi connectivity index (χ1) is 11.3. The van der Waals surface area contributed by atoms with Crippen LogP contribution in [0, 0.1) is 0 Å². The number of hydrogen-bond acceptors (Lipinski definition) is 4. The van der Waals surface area contributed by atoms with Gasteiger partial charge in [-0.1, -0.05) is 12.1 Å². The third-order valence-corrected chi connectivity index (χ3v) is 4.41. The summed E-state index contributed by atoms with van der Waals surface area (Å²) < 4.78 is 11.0. The van der Waals surface area contributed by atoms with Crippen LogP contribution in [0.1, 0.15) is 28.0 Å². The number of fused-ring (bicyclic) bond motifs is 2. The molecule has 0 saturated carbocycles. The second-order valence-corrected chi connectivity index (χ2v) is 5.78. The van der Waals surface area contributed by atoms with Crippen LogP contribution >= 0.6 is 0 Å². The van der Waals surface area contributed by atoms with E-state index < -0.39 is 0 Å². The lowest BCUT2D eigenvalue weighted by molar-refractivity contribution is 0.0972. The molecule has 1 aromatic heterocycles. The highest BCUT2D eigenvalue weighted by atomic mass is 16.5. The topological polar surface area (TPSA) is 51.7 Å². The summed E-state index contributed by atoms with van der Waals surface area (Å²) in [5, 5.41) is 0. The number of benzene rings is 1. The van der Waals surface area contributed by atoms with Crippen molar-refractivity contribution >= 4 is 11.6 Å². The van der Waals surface area contributed by atoms with E-state index >= 15 is 0 Å². The number of methoxy groups -OCH3 is 1. The number of para-hydroxylation sites is 2. The first-order valence-electron chi connectivity index (χ1n) is 7.88. The molecule has 2 aliphatic rings. The van der Waals surface area contributed by atoms with Crippen molar-refractivity contribution in [1.82, 2.24) is 4.98 Å². The van der Waals surface area contributed by atoms with Crippen molar-refractivity contribution in [2.24, 2.45) is 0 Å². The number of rotatable bonds is 2. The summed E-state index contributed by atoms with van der Waals surface area (Å²) in [5.74, 6) is 1.07. The van der Waals surface area contributed by atoms with Crippen molar-refractivity contribution in [2.45, 2.75) is 19.3 Å². The van der Waals surface area contributed by atoms with E-state index in [2.05, 4.69) is 4.98 Å². The number of aromatic nitrogens is 1. The predicted molar refractivity (Wildman–Crippen MR) is 86.4 cm³/mol. The summed E-state index contributed by atoms with van der Waals surface area (Å²) in [6.45, 7) is 1.01. The fourth-order valence-electron chi connectivity index (χ4n) is 3.29. The van der Waals surface area contributed by atoms with Gasteiger partial charge in [0, 0.05) is 5.69 Å². The van der Waals surface area contributed by atoms with Crippen LogP contribution in [0.25, 0.3) is 0 Å². The van der Waals surface area contributed by atoms with Gasteiger partial charge in [-0.3, -0.25) is 4.79 Å². The number of ether oxygens (including phenoxy) is 2. The Hall–Kier alpha value is -2.56. The molecule has 0 N–H and O–H groups in total. The predicted octanol–water partition coefficient (Wildman–Crippen LogP) is 2.62. The molecule has 23 heavy (non-hydrogen) atoms. The molecule has 2 heterocycles. The molecule has 0 bridgehead atoms. The maximum atomic E-state index is 13.1. The minimum atomic E-state index is -0.0835. The normalized spacial score (nSPS) is 15.6. The molecule has 1 amide bonds. The zero-order chi connectivity index (χ0) is 15.8. The number of aryl methyl sites for hydroxylation is 2. The van der Waals surface area contributed by atoms with Crippen molar-refractivity contribution in [3.05, 3.63) is 47.2 Å². The average molecular weight is 310 g/mol. The molecule has 118 valence electrons. The SMILES string of the molecule is COc1nc2c(cc1C(=O)N1CCOc3ccccc31)CCC2. The van der Waals surface area contributed by atoms with Crippen LogP contribution in [0.2, 0.25) is 0 Å². The summed E-state index contributed by atoms with van der Waals surface area (Å²) in [4.78, 5) is 19.4. The molecule has 0 fully saturated rings. The van der Waals surface area contributed by atoms with Gasteiger partial charge in [-0.15, -0.1) is 0 Å². The zero-order valence-electron chi connectivity index (χ0n) is 13.0. The molecule has 1 aromatic carbocycles. The summed E-state index contributed by atoms with van der Waals surface area (Å²) in [6, 6.07) is 9.55. The van der Waals surface area contributed by atoms with Crippen LogP contribution in [0.15, 0.2) is 30.3 Å². The van der Waals surface area contributed by atoms with Crippen molar-refractivity contribution in [1.29, 1.82) is 0 Å². The van der Waals surface area contributed by atoms with Gasteiger partial charge in [0.05, 0.1) is 19.3 Å². The Bertz CT molecular complexity index is 773. The molecule has 1 aliphatic heterocycles. The smallest absolute Gasteiger partial charge is 0.264 e. The number of amides is 1. The number of carbonyl (C=O) groups is 1. The van der Waals surface area contributed by atoms with Crippen LogP contribution in [-0.2, 0) is 12.8 Å². The van der Waals surface area contributed by atoms with Crippen molar-refractivity contribution in [3.8, 4) is 11.6 Å². The lowest BCUT2D eigenvalue weighted by atomic mass is 10.1.